The summed E-state index contributed by atoms with van der Waals surface area (Å²) in [6.07, 6.45) is 5.96. The minimum atomic E-state index is -0.153. The van der Waals surface area contributed by atoms with Crippen LogP contribution in [-0.4, -0.2) is 22.4 Å². The number of hydrogen-bond acceptors (Lipinski definition) is 5. The molecule has 1 amide bonds. The maximum atomic E-state index is 12.2. The first-order chi connectivity index (χ1) is 10.3. The van der Waals surface area contributed by atoms with E-state index in [2.05, 4.69) is 15.3 Å². The third-order valence-electron chi connectivity index (χ3n) is 3.13. The monoisotopic (exact) mass is 298 g/mol. The molecule has 3 aromatic heterocycles. The molecule has 3 aromatic rings. The smallest absolute Gasteiger partial charge is 0.263 e. The number of aromatic nitrogens is 2. The van der Waals surface area contributed by atoms with Gasteiger partial charge in [0.2, 0.25) is 0 Å². The molecule has 21 heavy (non-hydrogen) atoms. The summed E-state index contributed by atoms with van der Waals surface area (Å²) in [6, 6.07) is 7.56. The number of nitrogen functional groups attached to an aromatic ring is 1. The Kier molecular flexibility index (Phi) is 3.79. The Morgan fingerprint density at radius 2 is 2.14 bits per heavy atom. The highest BCUT2D eigenvalue weighted by Crippen LogP contribution is 2.31. The van der Waals surface area contributed by atoms with Crippen LogP contribution < -0.4 is 11.1 Å². The van der Waals surface area contributed by atoms with Gasteiger partial charge in [-0.25, -0.2) is 4.98 Å². The second-order valence-electron chi connectivity index (χ2n) is 4.57. The first-order valence-corrected chi connectivity index (χ1v) is 7.37. The molecule has 0 spiro atoms. The van der Waals surface area contributed by atoms with E-state index in [0.29, 0.717) is 17.1 Å². The fourth-order valence-corrected chi connectivity index (χ4v) is 3.05. The van der Waals surface area contributed by atoms with E-state index >= 15 is 0 Å². The van der Waals surface area contributed by atoms with Crippen molar-refractivity contribution in [1.82, 2.24) is 15.3 Å². The summed E-state index contributed by atoms with van der Waals surface area (Å²) in [4.78, 5) is 21.8. The zero-order valence-corrected chi connectivity index (χ0v) is 12.1. The Morgan fingerprint density at radius 1 is 1.29 bits per heavy atom. The minimum absolute atomic E-state index is 0.153. The van der Waals surface area contributed by atoms with Crippen molar-refractivity contribution in [3.05, 3.63) is 53.3 Å². The van der Waals surface area contributed by atoms with Gasteiger partial charge in [-0.3, -0.25) is 9.78 Å². The molecule has 3 rings (SSSR count). The molecule has 0 aliphatic carbocycles. The maximum absolute atomic E-state index is 12.2. The molecule has 0 radical (unpaired) electrons. The van der Waals surface area contributed by atoms with Gasteiger partial charge in [0, 0.05) is 30.5 Å². The van der Waals surface area contributed by atoms with Gasteiger partial charge in [0.15, 0.2) is 0 Å². The molecule has 0 aliphatic heterocycles. The second-order valence-corrected chi connectivity index (χ2v) is 5.57. The maximum Gasteiger partial charge on any atom is 0.263 e. The van der Waals surface area contributed by atoms with Crippen molar-refractivity contribution in [3.63, 3.8) is 0 Å². The Labute approximate surface area is 125 Å². The Balaban J connectivity index is 1.68. The van der Waals surface area contributed by atoms with Crippen molar-refractivity contribution in [1.29, 1.82) is 0 Å². The van der Waals surface area contributed by atoms with Crippen LogP contribution in [0.5, 0.6) is 0 Å². The number of nitrogens with zero attached hydrogens (tertiary/aromatic N) is 2. The summed E-state index contributed by atoms with van der Waals surface area (Å²) in [5.74, 6) is -0.153. The average molecular weight is 298 g/mol. The van der Waals surface area contributed by atoms with Crippen molar-refractivity contribution >= 4 is 33.1 Å². The van der Waals surface area contributed by atoms with Gasteiger partial charge < -0.3 is 11.1 Å². The van der Waals surface area contributed by atoms with Gasteiger partial charge in [0.05, 0.1) is 5.69 Å². The summed E-state index contributed by atoms with van der Waals surface area (Å²) >= 11 is 1.32. The highest BCUT2D eigenvalue weighted by Gasteiger charge is 2.16. The lowest BCUT2D eigenvalue weighted by Gasteiger charge is -2.04. The quantitative estimate of drug-likeness (QED) is 0.774. The number of pyridine rings is 2. The fraction of sp³-hybridized carbons (Fsp3) is 0.133. The van der Waals surface area contributed by atoms with Crippen molar-refractivity contribution in [2.24, 2.45) is 0 Å². The van der Waals surface area contributed by atoms with Gasteiger partial charge in [-0.05, 0) is 30.2 Å². The first kappa shape index (κ1) is 13.5. The number of thiophene rings is 1. The predicted octanol–water partition coefficient (Wildman–Crippen LogP) is 2.25. The number of carbonyl (C=O) groups excluding carboxylic acids is 1. The molecule has 0 unspecified atom stereocenters. The van der Waals surface area contributed by atoms with Crippen LogP contribution in [0.15, 0.2) is 42.9 Å². The van der Waals surface area contributed by atoms with Crippen LogP contribution >= 0.6 is 11.3 Å². The number of amides is 1. The lowest BCUT2D eigenvalue weighted by atomic mass is 10.2. The summed E-state index contributed by atoms with van der Waals surface area (Å²) in [5, 5.41) is 3.72. The van der Waals surface area contributed by atoms with E-state index in [1.165, 1.54) is 11.3 Å². The largest absolute Gasteiger partial charge is 0.397 e. The Morgan fingerprint density at radius 3 is 2.90 bits per heavy atom. The van der Waals surface area contributed by atoms with E-state index in [-0.39, 0.29) is 5.91 Å². The van der Waals surface area contributed by atoms with Gasteiger partial charge in [-0.1, -0.05) is 6.07 Å². The zero-order chi connectivity index (χ0) is 14.7. The summed E-state index contributed by atoms with van der Waals surface area (Å²) < 4.78 is 0. The highest BCUT2D eigenvalue weighted by atomic mass is 32.1. The number of anilines is 1. The second kappa shape index (κ2) is 5.88. The number of rotatable bonds is 4. The van der Waals surface area contributed by atoms with Gasteiger partial charge in [-0.15, -0.1) is 11.3 Å². The molecule has 3 N–H and O–H groups in total. The topological polar surface area (TPSA) is 80.9 Å². The van der Waals surface area contributed by atoms with Crippen LogP contribution in [0.2, 0.25) is 0 Å². The molecule has 3 heterocycles. The van der Waals surface area contributed by atoms with Crippen LogP contribution in [0.25, 0.3) is 10.2 Å². The van der Waals surface area contributed by atoms with E-state index < -0.39 is 0 Å². The molecule has 5 nitrogen and oxygen atoms in total. The van der Waals surface area contributed by atoms with E-state index in [1.54, 1.807) is 18.6 Å². The third kappa shape index (κ3) is 2.85. The lowest BCUT2D eigenvalue weighted by molar-refractivity contribution is 0.0959. The third-order valence-corrected chi connectivity index (χ3v) is 4.26. The number of hydrogen-bond donors (Lipinski definition) is 2. The zero-order valence-electron chi connectivity index (χ0n) is 11.2. The molecule has 106 valence electrons. The van der Waals surface area contributed by atoms with Crippen molar-refractivity contribution in [2.45, 2.75) is 6.42 Å². The van der Waals surface area contributed by atoms with Crippen molar-refractivity contribution in [3.8, 4) is 0 Å². The Bertz CT molecular complexity index is 770. The molecule has 0 bridgehead atoms. The standard InChI is InChI=1S/C15H14N4OS/c16-12-11-4-2-7-19-15(11)21-13(12)14(20)18-8-5-10-3-1-6-17-9-10/h1-4,6-7,9H,5,8,16H2,(H,18,20). The number of nitrogens with one attached hydrogen (secondary N) is 1. The minimum Gasteiger partial charge on any atom is -0.397 e. The van der Waals surface area contributed by atoms with E-state index in [4.69, 9.17) is 5.73 Å². The molecule has 0 aliphatic rings. The average Bonchev–Trinajstić information content (AvgIpc) is 2.86. The van der Waals surface area contributed by atoms with Gasteiger partial charge in [-0.2, -0.15) is 0 Å². The summed E-state index contributed by atoms with van der Waals surface area (Å²) in [7, 11) is 0. The van der Waals surface area contributed by atoms with Crippen LogP contribution in [0.3, 0.4) is 0 Å². The van der Waals surface area contributed by atoms with Crippen molar-refractivity contribution < 1.29 is 4.79 Å². The first-order valence-electron chi connectivity index (χ1n) is 6.56. The molecule has 0 fully saturated rings. The SMILES string of the molecule is Nc1c(C(=O)NCCc2cccnc2)sc2ncccc12. The van der Waals surface area contributed by atoms with E-state index in [0.717, 1.165) is 22.2 Å². The normalized spacial score (nSPS) is 10.7. The fourth-order valence-electron chi connectivity index (χ4n) is 2.07. The predicted molar refractivity (Wildman–Crippen MR) is 84.3 cm³/mol. The molecule has 0 saturated heterocycles. The number of fused-ring (bicyclic) bond motifs is 1. The van der Waals surface area contributed by atoms with Gasteiger partial charge in [0.1, 0.15) is 9.71 Å². The van der Waals surface area contributed by atoms with Crippen LogP contribution in [0.4, 0.5) is 5.69 Å². The highest BCUT2D eigenvalue weighted by molar-refractivity contribution is 7.21. The van der Waals surface area contributed by atoms with Crippen LogP contribution in [0, 0.1) is 0 Å². The van der Waals surface area contributed by atoms with Gasteiger partial charge in [0.25, 0.3) is 5.91 Å². The van der Waals surface area contributed by atoms with Gasteiger partial charge >= 0.3 is 0 Å². The molecule has 0 saturated carbocycles. The van der Waals surface area contributed by atoms with Crippen LogP contribution in [-0.2, 0) is 6.42 Å². The van der Waals surface area contributed by atoms with E-state index in [9.17, 15) is 4.79 Å². The summed E-state index contributed by atoms with van der Waals surface area (Å²) in [6.45, 7) is 0.547. The molecular formula is C15H14N4OS. The molecule has 0 atom stereocenters. The molecule has 0 aromatic carbocycles. The number of nitrogens with two attached hydrogens (primary N) is 1. The summed E-state index contributed by atoms with van der Waals surface area (Å²) in [5.41, 5.74) is 7.61. The Hall–Kier alpha value is -2.47. The molecular weight excluding hydrogens is 284 g/mol. The van der Waals surface area contributed by atoms with Crippen LogP contribution in [0.1, 0.15) is 15.2 Å². The van der Waals surface area contributed by atoms with Crippen molar-refractivity contribution in [2.75, 3.05) is 12.3 Å². The lowest BCUT2D eigenvalue weighted by Crippen LogP contribution is -2.25. The molecule has 6 heteroatoms. The number of carbonyl (C=O) groups is 1. The van der Waals surface area contributed by atoms with E-state index in [1.807, 2.05) is 24.3 Å².